The Morgan fingerprint density at radius 1 is 0.509 bits per heavy atom. The Morgan fingerprint density at radius 3 is 1.87 bits per heavy atom. The average Bonchev–Trinajstić information content (AvgIpc) is 3.94. The van der Waals surface area contributed by atoms with Crippen LogP contribution in [-0.4, -0.2) is 0 Å². The van der Waals surface area contributed by atoms with E-state index in [4.69, 9.17) is 0 Å². The highest BCUT2D eigenvalue weighted by atomic mass is 15.1. The van der Waals surface area contributed by atoms with E-state index >= 15 is 0 Å². The Bertz CT molecular complexity index is 2580. The van der Waals surface area contributed by atoms with Crippen molar-refractivity contribution < 1.29 is 0 Å². The maximum absolute atomic E-state index is 2.63. The molecule has 0 radical (unpaired) electrons. The SMILES string of the molecule is CC1(C)c2cc(-c3ccc4ccccc4c3)ccc2-c2ccc(N(c3ccc(C4CC5CCC4C5)cc3)c3cc4ccccc4cc3C3CCCCC3)cc21. The molecule has 272 valence electrons. The minimum Gasteiger partial charge on any atom is -0.310 e. The van der Waals surface area contributed by atoms with Crippen molar-refractivity contribution in [1.29, 1.82) is 0 Å². The molecule has 0 saturated heterocycles. The third-order valence-electron chi connectivity index (χ3n) is 14.5. The van der Waals surface area contributed by atoms with Crippen LogP contribution in [-0.2, 0) is 5.41 Å². The Labute approximate surface area is 327 Å². The third kappa shape index (κ3) is 5.56. The predicted molar refractivity (Wildman–Crippen MR) is 233 cm³/mol. The first-order valence-electron chi connectivity index (χ1n) is 21.2. The lowest BCUT2D eigenvalue weighted by molar-refractivity contribution is 0.420. The van der Waals surface area contributed by atoms with E-state index in [9.17, 15) is 0 Å². The zero-order valence-electron chi connectivity index (χ0n) is 32.4. The molecule has 0 aliphatic heterocycles. The highest BCUT2D eigenvalue weighted by Crippen LogP contribution is 2.55. The van der Waals surface area contributed by atoms with Gasteiger partial charge in [-0.3, -0.25) is 0 Å². The van der Waals surface area contributed by atoms with Gasteiger partial charge in [-0.25, -0.2) is 0 Å². The normalized spacial score (nSPS) is 21.2. The lowest BCUT2D eigenvalue weighted by Crippen LogP contribution is -2.18. The van der Waals surface area contributed by atoms with E-state index in [-0.39, 0.29) is 5.41 Å². The van der Waals surface area contributed by atoms with E-state index in [1.165, 1.54) is 135 Å². The van der Waals surface area contributed by atoms with Gasteiger partial charge < -0.3 is 4.90 Å². The van der Waals surface area contributed by atoms with Crippen LogP contribution in [0, 0.1) is 11.8 Å². The largest absolute Gasteiger partial charge is 0.310 e. The molecule has 0 aromatic heterocycles. The number of hydrogen-bond acceptors (Lipinski definition) is 1. The van der Waals surface area contributed by atoms with Crippen LogP contribution in [0.25, 0.3) is 43.8 Å². The summed E-state index contributed by atoms with van der Waals surface area (Å²) in [5, 5.41) is 5.25. The summed E-state index contributed by atoms with van der Waals surface area (Å²) in [5.74, 6) is 3.14. The van der Waals surface area contributed by atoms with Crippen molar-refractivity contribution in [2.24, 2.45) is 11.8 Å². The van der Waals surface area contributed by atoms with Gasteiger partial charge in [-0.2, -0.15) is 0 Å². The van der Waals surface area contributed by atoms with E-state index in [1.807, 2.05) is 0 Å². The number of fused-ring (bicyclic) bond motifs is 7. The maximum atomic E-state index is 2.63. The van der Waals surface area contributed by atoms with Gasteiger partial charge >= 0.3 is 0 Å². The quantitative estimate of drug-likeness (QED) is 0.166. The molecule has 0 N–H and O–H groups in total. The molecule has 3 atom stereocenters. The average molecular weight is 714 g/mol. The fourth-order valence-corrected chi connectivity index (χ4v) is 11.5. The van der Waals surface area contributed by atoms with Crippen LogP contribution in [0.2, 0.25) is 0 Å². The van der Waals surface area contributed by atoms with E-state index in [2.05, 4.69) is 158 Å². The van der Waals surface area contributed by atoms with Crippen LogP contribution >= 0.6 is 0 Å². The van der Waals surface area contributed by atoms with Gasteiger partial charge in [-0.15, -0.1) is 0 Å². The predicted octanol–water partition coefficient (Wildman–Crippen LogP) is 15.4. The molecule has 4 aliphatic carbocycles. The molecule has 1 nitrogen and oxygen atoms in total. The van der Waals surface area contributed by atoms with Crippen molar-refractivity contribution in [3.05, 3.63) is 162 Å². The molecule has 2 bridgehead atoms. The fraction of sp³-hybridized carbons (Fsp3) is 0.296. The Hall–Kier alpha value is -5.14. The minimum absolute atomic E-state index is 0.138. The summed E-state index contributed by atoms with van der Waals surface area (Å²) in [5.41, 5.74) is 14.9. The molecule has 0 spiro atoms. The summed E-state index contributed by atoms with van der Waals surface area (Å²) in [6, 6.07) is 54.0. The van der Waals surface area contributed by atoms with Gasteiger partial charge in [0.1, 0.15) is 0 Å². The highest BCUT2D eigenvalue weighted by molar-refractivity contribution is 5.93. The van der Waals surface area contributed by atoms with Gasteiger partial charge in [-0.05, 0) is 170 Å². The zero-order valence-corrected chi connectivity index (χ0v) is 32.4. The molecule has 7 aromatic rings. The van der Waals surface area contributed by atoms with Crippen molar-refractivity contribution in [1.82, 2.24) is 0 Å². The van der Waals surface area contributed by atoms with E-state index in [0.717, 1.165) is 17.8 Å². The molecule has 55 heavy (non-hydrogen) atoms. The zero-order chi connectivity index (χ0) is 36.7. The summed E-state index contributed by atoms with van der Waals surface area (Å²) in [6.07, 6.45) is 12.2. The summed E-state index contributed by atoms with van der Waals surface area (Å²) in [7, 11) is 0. The van der Waals surface area contributed by atoms with Crippen LogP contribution in [0.15, 0.2) is 140 Å². The van der Waals surface area contributed by atoms with Crippen LogP contribution < -0.4 is 4.90 Å². The Kier molecular flexibility index (Phi) is 7.84. The molecule has 4 aliphatic rings. The molecular weight excluding hydrogens is 663 g/mol. The molecule has 11 rings (SSSR count). The number of benzene rings is 7. The molecule has 3 saturated carbocycles. The Balaban J connectivity index is 1.04. The third-order valence-corrected chi connectivity index (χ3v) is 14.5. The molecule has 7 aromatic carbocycles. The van der Waals surface area contributed by atoms with Gasteiger partial charge in [0.15, 0.2) is 0 Å². The first-order chi connectivity index (χ1) is 27.0. The lowest BCUT2D eigenvalue weighted by Gasteiger charge is -2.33. The second-order valence-corrected chi connectivity index (χ2v) is 18.0. The van der Waals surface area contributed by atoms with Gasteiger partial charge in [0.25, 0.3) is 0 Å². The highest BCUT2D eigenvalue weighted by Gasteiger charge is 2.40. The topological polar surface area (TPSA) is 3.24 Å². The van der Waals surface area contributed by atoms with Crippen molar-refractivity contribution in [2.45, 2.75) is 88.9 Å². The van der Waals surface area contributed by atoms with E-state index < -0.39 is 0 Å². The smallest absolute Gasteiger partial charge is 0.0502 e. The first-order valence-corrected chi connectivity index (χ1v) is 21.2. The summed E-state index contributed by atoms with van der Waals surface area (Å²) in [4.78, 5) is 2.63. The lowest BCUT2D eigenvalue weighted by atomic mass is 9.81. The van der Waals surface area contributed by atoms with Crippen LogP contribution in [0.4, 0.5) is 17.1 Å². The van der Waals surface area contributed by atoms with Crippen LogP contribution in [0.3, 0.4) is 0 Å². The summed E-state index contributed by atoms with van der Waals surface area (Å²) >= 11 is 0. The summed E-state index contributed by atoms with van der Waals surface area (Å²) < 4.78 is 0. The summed E-state index contributed by atoms with van der Waals surface area (Å²) in [6.45, 7) is 4.87. The first kappa shape index (κ1) is 33.2. The molecule has 0 amide bonds. The molecule has 3 unspecified atom stereocenters. The van der Waals surface area contributed by atoms with Gasteiger partial charge in [0.05, 0.1) is 5.69 Å². The molecule has 1 heteroatoms. The van der Waals surface area contributed by atoms with Crippen molar-refractivity contribution in [2.75, 3.05) is 4.90 Å². The van der Waals surface area contributed by atoms with E-state index in [1.54, 1.807) is 5.56 Å². The molecular formula is C54H51N. The number of anilines is 3. The monoisotopic (exact) mass is 713 g/mol. The molecule has 3 fully saturated rings. The second kappa shape index (κ2) is 13.0. The number of nitrogens with zero attached hydrogens (tertiary/aromatic N) is 1. The van der Waals surface area contributed by atoms with Crippen LogP contribution in [0.5, 0.6) is 0 Å². The second-order valence-electron chi connectivity index (χ2n) is 18.0. The number of rotatable bonds is 6. The van der Waals surface area contributed by atoms with Crippen molar-refractivity contribution in [3.63, 3.8) is 0 Å². The van der Waals surface area contributed by atoms with Gasteiger partial charge in [0, 0.05) is 16.8 Å². The Morgan fingerprint density at radius 2 is 1.15 bits per heavy atom. The standard InChI is InChI=1S/C54H51N/c1-54(2)51-32-43(42-19-18-36-10-6-7-13-39(36)30-42)22-26-47(51)48-27-25-46(34-52(48)54)55(45-23-20-38(21-24-45)49-29-35-16-17-44(49)28-35)53-33-41-15-9-8-14-40(41)31-50(53)37-11-4-3-5-12-37/h6-10,13-15,18-27,30-35,37,44,49H,3-5,11-12,16-17,28-29H2,1-2H3. The van der Waals surface area contributed by atoms with Crippen molar-refractivity contribution >= 4 is 38.6 Å². The number of hydrogen-bond donors (Lipinski definition) is 0. The minimum atomic E-state index is -0.138. The van der Waals surface area contributed by atoms with Gasteiger partial charge in [0.2, 0.25) is 0 Å². The van der Waals surface area contributed by atoms with Crippen molar-refractivity contribution in [3.8, 4) is 22.3 Å². The fourth-order valence-electron chi connectivity index (χ4n) is 11.5. The maximum Gasteiger partial charge on any atom is 0.0502 e. The molecule has 0 heterocycles. The van der Waals surface area contributed by atoms with Crippen LogP contribution in [0.1, 0.15) is 106 Å². The van der Waals surface area contributed by atoms with E-state index in [0.29, 0.717) is 5.92 Å². The van der Waals surface area contributed by atoms with Gasteiger partial charge in [-0.1, -0.05) is 131 Å².